The SMILES string of the molecule is C1CC1.CCCCCCCCCCCCCOCCCCCCCCCCCCC.N. The van der Waals surface area contributed by atoms with Gasteiger partial charge in [0.1, 0.15) is 0 Å². The summed E-state index contributed by atoms with van der Waals surface area (Å²) < 4.78 is 5.80. The van der Waals surface area contributed by atoms with Crippen LogP contribution in [0.1, 0.15) is 174 Å². The van der Waals surface area contributed by atoms with Gasteiger partial charge in [-0.25, -0.2) is 0 Å². The lowest BCUT2D eigenvalue weighted by Gasteiger charge is -2.05. The number of rotatable bonds is 24. The maximum absolute atomic E-state index is 5.80. The zero-order valence-electron chi connectivity index (χ0n) is 22.2. The molecule has 190 valence electrons. The fraction of sp³-hybridized carbons (Fsp3) is 1.00. The van der Waals surface area contributed by atoms with Crippen LogP contribution in [0.4, 0.5) is 0 Å². The molecule has 1 rings (SSSR count). The standard InChI is InChI=1S/C26H54O.C3H6.H3N/c1-3-5-7-9-11-13-15-17-19-21-23-25-27-26-24-22-20-18-16-14-12-10-8-6-4-2;1-2-3-1;/h3-26H2,1-2H3;1-3H2;1H3. The van der Waals surface area contributed by atoms with Crippen LogP contribution in [0.5, 0.6) is 0 Å². The van der Waals surface area contributed by atoms with Crippen LogP contribution in [0.15, 0.2) is 0 Å². The number of unbranched alkanes of at least 4 members (excludes halogenated alkanes) is 20. The van der Waals surface area contributed by atoms with Gasteiger partial charge < -0.3 is 10.9 Å². The fourth-order valence-corrected chi connectivity index (χ4v) is 3.84. The van der Waals surface area contributed by atoms with E-state index in [2.05, 4.69) is 13.8 Å². The monoisotopic (exact) mass is 441 g/mol. The van der Waals surface area contributed by atoms with Crippen molar-refractivity contribution in [3.8, 4) is 0 Å². The van der Waals surface area contributed by atoms with Crippen molar-refractivity contribution in [2.45, 2.75) is 174 Å². The predicted octanol–water partition coefficient (Wildman–Crippen LogP) is 11.0. The second-order valence-corrected chi connectivity index (χ2v) is 9.74. The first-order valence-electron chi connectivity index (χ1n) is 14.5. The van der Waals surface area contributed by atoms with Crippen molar-refractivity contribution in [1.29, 1.82) is 0 Å². The van der Waals surface area contributed by atoms with E-state index in [0.717, 1.165) is 13.2 Å². The molecule has 0 amide bonds. The molecule has 0 bridgehead atoms. The first-order chi connectivity index (χ1) is 14.9. The van der Waals surface area contributed by atoms with Gasteiger partial charge >= 0.3 is 0 Å². The molecular formula is C29H63NO. The molecule has 2 nitrogen and oxygen atoms in total. The molecule has 0 heterocycles. The highest BCUT2D eigenvalue weighted by Crippen LogP contribution is 2.15. The molecule has 3 N–H and O–H groups in total. The van der Waals surface area contributed by atoms with Crippen LogP contribution in [-0.4, -0.2) is 13.2 Å². The first-order valence-corrected chi connectivity index (χ1v) is 14.5. The lowest BCUT2D eigenvalue weighted by Crippen LogP contribution is -1.97. The highest BCUT2D eigenvalue weighted by Gasteiger charge is 1.96. The lowest BCUT2D eigenvalue weighted by molar-refractivity contribution is 0.125. The summed E-state index contributed by atoms with van der Waals surface area (Å²) in [7, 11) is 0. The van der Waals surface area contributed by atoms with Gasteiger partial charge in [0.2, 0.25) is 0 Å². The summed E-state index contributed by atoms with van der Waals surface area (Å²) >= 11 is 0. The van der Waals surface area contributed by atoms with Gasteiger partial charge in [-0.3, -0.25) is 0 Å². The Morgan fingerprint density at radius 2 is 0.581 bits per heavy atom. The normalized spacial score (nSPS) is 12.2. The van der Waals surface area contributed by atoms with Crippen molar-refractivity contribution in [3.63, 3.8) is 0 Å². The summed E-state index contributed by atoms with van der Waals surface area (Å²) in [4.78, 5) is 0. The highest BCUT2D eigenvalue weighted by molar-refractivity contribution is 4.51. The van der Waals surface area contributed by atoms with Gasteiger partial charge in [-0.05, 0) is 12.8 Å². The van der Waals surface area contributed by atoms with E-state index < -0.39 is 0 Å². The predicted molar refractivity (Wildman–Crippen MR) is 143 cm³/mol. The Morgan fingerprint density at radius 3 is 0.806 bits per heavy atom. The molecule has 0 aliphatic heterocycles. The maximum Gasteiger partial charge on any atom is 0.0466 e. The summed E-state index contributed by atoms with van der Waals surface area (Å²) in [5.74, 6) is 0. The van der Waals surface area contributed by atoms with Gasteiger partial charge in [0.15, 0.2) is 0 Å². The summed E-state index contributed by atoms with van der Waals surface area (Å²) in [5, 5.41) is 0. The van der Waals surface area contributed by atoms with Crippen LogP contribution in [0.2, 0.25) is 0 Å². The largest absolute Gasteiger partial charge is 0.381 e. The molecule has 0 unspecified atom stereocenters. The highest BCUT2D eigenvalue weighted by atomic mass is 16.5. The summed E-state index contributed by atoms with van der Waals surface area (Å²) in [6, 6.07) is 0. The molecule has 0 aromatic heterocycles. The van der Waals surface area contributed by atoms with Crippen molar-refractivity contribution in [1.82, 2.24) is 6.15 Å². The molecule has 1 aliphatic rings. The van der Waals surface area contributed by atoms with Gasteiger partial charge in [0.25, 0.3) is 0 Å². The van der Waals surface area contributed by atoms with E-state index in [0.29, 0.717) is 0 Å². The van der Waals surface area contributed by atoms with Crippen molar-refractivity contribution in [2.24, 2.45) is 0 Å². The topological polar surface area (TPSA) is 44.2 Å². The zero-order chi connectivity index (χ0) is 21.8. The van der Waals surface area contributed by atoms with E-state index >= 15 is 0 Å². The second kappa shape index (κ2) is 32.1. The molecule has 0 spiro atoms. The molecule has 0 aromatic carbocycles. The number of hydrogen-bond acceptors (Lipinski definition) is 2. The van der Waals surface area contributed by atoms with E-state index in [1.165, 1.54) is 161 Å². The molecule has 0 saturated heterocycles. The molecule has 0 radical (unpaired) electrons. The van der Waals surface area contributed by atoms with E-state index in [4.69, 9.17) is 4.74 Å². The van der Waals surface area contributed by atoms with Gasteiger partial charge in [-0.1, -0.05) is 162 Å². The molecule has 0 atom stereocenters. The van der Waals surface area contributed by atoms with Crippen molar-refractivity contribution in [3.05, 3.63) is 0 Å². The molecule has 1 fully saturated rings. The van der Waals surface area contributed by atoms with E-state index in [9.17, 15) is 0 Å². The number of ether oxygens (including phenoxy) is 1. The van der Waals surface area contributed by atoms with Gasteiger partial charge in [-0.15, -0.1) is 0 Å². The maximum atomic E-state index is 5.80. The zero-order valence-corrected chi connectivity index (χ0v) is 22.2. The molecule has 0 aromatic rings. The quantitative estimate of drug-likeness (QED) is 0.151. The lowest BCUT2D eigenvalue weighted by atomic mass is 10.1. The third-order valence-corrected chi connectivity index (χ3v) is 6.14. The average Bonchev–Trinajstić information content (AvgIpc) is 3.64. The van der Waals surface area contributed by atoms with Crippen LogP contribution >= 0.6 is 0 Å². The van der Waals surface area contributed by atoms with Crippen LogP contribution in [-0.2, 0) is 4.74 Å². The minimum Gasteiger partial charge on any atom is -0.381 e. The minimum absolute atomic E-state index is 0. The van der Waals surface area contributed by atoms with Crippen LogP contribution < -0.4 is 6.15 Å². The number of hydrogen-bond donors (Lipinski definition) is 1. The van der Waals surface area contributed by atoms with Gasteiger partial charge in [-0.2, -0.15) is 0 Å². The Labute approximate surface area is 198 Å². The third-order valence-electron chi connectivity index (χ3n) is 6.14. The molecule has 1 saturated carbocycles. The van der Waals surface area contributed by atoms with Crippen LogP contribution in [0.25, 0.3) is 0 Å². The van der Waals surface area contributed by atoms with Crippen LogP contribution in [0, 0.1) is 0 Å². The van der Waals surface area contributed by atoms with E-state index in [-0.39, 0.29) is 6.15 Å². The van der Waals surface area contributed by atoms with E-state index in [1.54, 1.807) is 0 Å². The Balaban J connectivity index is 0. The Kier molecular flexibility index (Phi) is 34.3. The summed E-state index contributed by atoms with van der Waals surface area (Å²) in [6.45, 7) is 6.58. The first kappa shape index (κ1) is 33.1. The van der Waals surface area contributed by atoms with Crippen molar-refractivity contribution >= 4 is 0 Å². The Hall–Kier alpha value is -0.0800. The van der Waals surface area contributed by atoms with E-state index in [1.807, 2.05) is 0 Å². The summed E-state index contributed by atoms with van der Waals surface area (Å²) in [6.07, 6.45) is 35.6. The smallest absolute Gasteiger partial charge is 0.0466 e. The van der Waals surface area contributed by atoms with Gasteiger partial charge in [0.05, 0.1) is 0 Å². The molecule has 1 aliphatic carbocycles. The Bertz CT molecular complexity index is 253. The molecular weight excluding hydrogens is 378 g/mol. The van der Waals surface area contributed by atoms with Crippen molar-refractivity contribution < 1.29 is 4.74 Å². The minimum atomic E-state index is 0. The summed E-state index contributed by atoms with van der Waals surface area (Å²) in [5.41, 5.74) is 0. The molecule has 2 heteroatoms. The molecule has 31 heavy (non-hydrogen) atoms. The van der Waals surface area contributed by atoms with Crippen LogP contribution in [0.3, 0.4) is 0 Å². The average molecular weight is 442 g/mol. The fourth-order valence-electron chi connectivity index (χ4n) is 3.84. The second-order valence-electron chi connectivity index (χ2n) is 9.74. The van der Waals surface area contributed by atoms with Gasteiger partial charge in [0, 0.05) is 13.2 Å². The Morgan fingerprint density at radius 1 is 0.355 bits per heavy atom. The van der Waals surface area contributed by atoms with Crippen molar-refractivity contribution in [2.75, 3.05) is 13.2 Å². The third kappa shape index (κ3) is 37.6.